The minimum atomic E-state index is -0.162. The van der Waals surface area contributed by atoms with Gasteiger partial charge in [-0.3, -0.25) is 14.5 Å². The molecular formula is C38H46N6O3. The molecule has 6 rings (SSSR count). The van der Waals surface area contributed by atoms with Gasteiger partial charge < -0.3 is 24.8 Å². The Hall–Kier alpha value is -4.47. The number of carbonyl (C=O) groups is 1. The zero-order valence-corrected chi connectivity index (χ0v) is 28.2. The summed E-state index contributed by atoms with van der Waals surface area (Å²) in [5.41, 5.74) is 6.60. The van der Waals surface area contributed by atoms with E-state index in [0.717, 1.165) is 80.3 Å². The minimum absolute atomic E-state index is 0.0177. The van der Waals surface area contributed by atoms with E-state index in [1.165, 1.54) is 5.56 Å². The number of hydrogen-bond acceptors (Lipinski definition) is 7. The van der Waals surface area contributed by atoms with Gasteiger partial charge in [-0.1, -0.05) is 45.0 Å². The van der Waals surface area contributed by atoms with E-state index in [4.69, 9.17) is 4.74 Å². The Kier molecular flexibility index (Phi) is 9.47. The van der Waals surface area contributed by atoms with Gasteiger partial charge in [-0.25, -0.2) is 4.98 Å². The van der Waals surface area contributed by atoms with Gasteiger partial charge in [0.15, 0.2) is 0 Å². The van der Waals surface area contributed by atoms with Crippen LogP contribution in [0.5, 0.6) is 0 Å². The molecule has 2 N–H and O–H groups in total. The van der Waals surface area contributed by atoms with Gasteiger partial charge in [-0.15, -0.1) is 0 Å². The second-order valence-electron chi connectivity index (χ2n) is 13.7. The van der Waals surface area contributed by atoms with Crippen LogP contribution in [0.4, 0.5) is 22.9 Å². The lowest BCUT2D eigenvalue weighted by Gasteiger charge is -2.40. The average molecular weight is 635 g/mol. The van der Waals surface area contributed by atoms with Crippen molar-refractivity contribution in [1.29, 1.82) is 0 Å². The number of rotatable bonds is 7. The molecule has 9 nitrogen and oxygen atoms in total. The molecule has 47 heavy (non-hydrogen) atoms. The van der Waals surface area contributed by atoms with Crippen LogP contribution < -0.4 is 21.1 Å². The fourth-order valence-corrected chi connectivity index (χ4v) is 6.57. The maximum absolute atomic E-state index is 13.2. The predicted octanol–water partition coefficient (Wildman–Crippen LogP) is 6.35. The molecule has 4 aromatic rings. The third kappa shape index (κ3) is 7.42. The van der Waals surface area contributed by atoms with E-state index in [2.05, 4.69) is 52.3 Å². The van der Waals surface area contributed by atoms with Gasteiger partial charge >= 0.3 is 0 Å². The Labute approximate surface area is 277 Å². The molecule has 2 aromatic heterocycles. The van der Waals surface area contributed by atoms with E-state index in [1.54, 1.807) is 11.6 Å². The van der Waals surface area contributed by atoms with Gasteiger partial charge in [0.05, 0.1) is 25.1 Å². The van der Waals surface area contributed by atoms with Gasteiger partial charge in [-0.05, 0) is 78.3 Å². The number of piperidine rings is 1. The fourth-order valence-electron chi connectivity index (χ4n) is 6.57. The molecule has 2 saturated heterocycles. The summed E-state index contributed by atoms with van der Waals surface area (Å²) >= 11 is 0. The first-order valence-corrected chi connectivity index (χ1v) is 16.6. The maximum atomic E-state index is 13.2. The van der Waals surface area contributed by atoms with Crippen molar-refractivity contribution in [3.05, 3.63) is 100 Å². The highest BCUT2D eigenvalue weighted by Crippen LogP contribution is 2.31. The number of amides is 1. The summed E-state index contributed by atoms with van der Waals surface area (Å²) in [6.07, 6.45) is 5.98. The molecule has 0 bridgehead atoms. The maximum Gasteiger partial charge on any atom is 0.274 e. The Morgan fingerprint density at radius 1 is 0.936 bits per heavy atom. The van der Waals surface area contributed by atoms with Crippen LogP contribution in [0, 0.1) is 6.92 Å². The summed E-state index contributed by atoms with van der Waals surface area (Å²) < 4.78 is 7.10. The van der Waals surface area contributed by atoms with Crippen molar-refractivity contribution in [2.75, 3.05) is 54.9 Å². The molecule has 4 heterocycles. The number of morpholine rings is 1. The molecule has 2 aromatic carbocycles. The van der Waals surface area contributed by atoms with Crippen molar-refractivity contribution >= 4 is 28.8 Å². The summed E-state index contributed by atoms with van der Waals surface area (Å²) in [6, 6.07) is 20.1. The minimum Gasteiger partial charge on any atom is -0.379 e. The van der Waals surface area contributed by atoms with Crippen LogP contribution in [0.3, 0.4) is 0 Å². The Balaban J connectivity index is 1.14. The summed E-state index contributed by atoms with van der Waals surface area (Å²) in [7, 11) is 1.75. The van der Waals surface area contributed by atoms with Crippen LogP contribution in [-0.4, -0.2) is 65.8 Å². The van der Waals surface area contributed by atoms with Gasteiger partial charge in [0, 0.05) is 62.3 Å². The molecule has 0 atom stereocenters. The summed E-state index contributed by atoms with van der Waals surface area (Å²) in [5, 5.41) is 6.34. The first-order valence-electron chi connectivity index (χ1n) is 16.6. The molecule has 2 fully saturated rings. The lowest BCUT2D eigenvalue weighted by atomic mass is 9.86. The van der Waals surface area contributed by atoms with E-state index in [1.807, 2.05) is 73.9 Å². The molecule has 246 valence electrons. The molecular weight excluding hydrogens is 588 g/mol. The zero-order chi connectivity index (χ0) is 33.1. The largest absolute Gasteiger partial charge is 0.379 e. The average Bonchev–Trinajstić information content (AvgIpc) is 3.08. The lowest BCUT2D eigenvalue weighted by molar-refractivity contribution is 0.0115. The number of aromatic nitrogens is 2. The van der Waals surface area contributed by atoms with Crippen LogP contribution in [0.2, 0.25) is 0 Å². The van der Waals surface area contributed by atoms with Crippen molar-refractivity contribution < 1.29 is 9.53 Å². The first-order chi connectivity index (χ1) is 22.6. The predicted molar refractivity (Wildman–Crippen MR) is 190 cm³/mol. The Morgan fingerprint density at radius 3 is 2.32 bits per heavy atom. The van der Waals surface area contributed by atoms with E-state index in [-0.39, 0.29) is 16.9 Å². The van der Waals surface area contributed by atoms with Crippen LogP contribution in [0.25, 0.3) is 11.1 Å². The number of nitrogens with one attached hydrogen (secondary N) is 2. The summed E-state index contributed by atoms with van der Waals surface area (Å²) in [4.78, 5) is 36.0. The zero-order valence-electron chi connectivity index (χ0n) is 28.2. The quantitative estimate of drug-likeness (QED) is 0.245. The number of carbonyl (C=O) groups excluding carboxylic acids is 1. The monoisotopic (exact) mass is 634 g/mol. The molecule has 0 unspecified atom stereocenters. The second-order valence-corrected chi connectivity index (χ2v) is 13.7. The second kappa shape index (κ2) is 13.7. The highest BCUT2D eigenvalue weighted by molar-refractivity contribution is 6.05. The number of pyridine rings is 2. The van der Waals surface area contributed by atoms with Crippen molar-refractivity contribution in [1.82, 2.24) is 14.5 Å². The summed E-state index contributed by atoms with van der Waals surface area (Å²) in [6.45, 7) is 14.2. The van der Waals surface area contributed by atoms with E-state index >= 15 is 0 Å². The van der Waals surface area contributed by atoms with E-state index in [9.17, 15) is 9.59 Å². The number of benzene rings is 2. The van der Waals surface area contributed by atoms with E-state index in [0.29, 0.717) is 23.1 Å². The number of nitrogens with zero attached hydrogens (tertiary/aromatic N) is 4. The Morgan fingerprint density at radius 2 is 1.66 bits per heavy atom. The van der Waals surface area contributed by atoms with Gasteiger partial charge in [-0.2, -0.15) is 0 Å². The standard InChI is InChI=1S/C38H46N6O3/c1-26-32(7-6-8-33(26)41-36(45)27-9-11-29(12-10-27)38(2,3)4)28-23-34(37(46)42(5)25-28)40-35-14-13-31(24-39-35)43-17-15-30(16-18-43)44-19-21-47-22-20-44/h6-14,23-25,30H,15-22H2,1-5H3,(H,39,40)(H,41,45). The molecule has 0 radical (unpaired) electrons. The van der Waals surface area contributed by atoms with Crippen LogP contribution in [0.1, 0.15) is 55.1 Å². The number of aryl methyl sites for hydroxylation is 1. The third-order valence-corrected chi connectivity index (χ3v) is 9.49. The van der Waals surface area contributed by atoms with Gasteiger partial charge in [0.1, 0.15) is 11.5 Å². The molecule has 9 heteroatoms. The van der Waals surface area contributed by atoms with Crippen LogP contribution in [-0.2, 0) is 17.2 Å². The van der Waals surface area contributed by atoms with Crippen molar-refractivity contribution in [2.24, 2.45) is 7.05 Å². The first kappa shape index (κ1) is 32.5. The lowest BCUT2D eigenvalue weighted by Crippen LogP contribution is -2.49. The normalized spacial score (nSPS) is 16.2. The van der Waals surface area contributed by atoms with E-state index < -0.39 is 0 Å². The van der Waals surface area contributed by atoms with Gasteiger partial charge in [0.25, 0.3) is 11.5 Å². The van der Waals surface area contributed by atoms with Crippen molar-refractivity contribution in [2.45, 2.75) is 52.0 Å². The van der Waals surface area contributed by atoms with Crippen LogP contribution >= 0.6 is 0 Å². The highest BCUT2D eigenvalue weighted by atomic mass is 16.5. The molecule has 1 amide bonds. The number of ether oxygens (including phenoxy) is 1. The van der Waals surface area contributed by atoms with Gasteiger partial charge in [0.2, 0.25) is 0 Å². The third-order valence-electron chi connectivity index (χ3n) is 9.49. The number of hydrogen-bond donors (Lipinski definition) is 2. The molecule has 0 spiro atoms. The molecule has 0 saturated carbocycles. The van der Waals surface area contributed by atoms with Crippen molar-refractivity contribution in [3.63, 3.8) is 0 Å². The fraction of sp³-hybridized carbons (Fsp3) is 0.395. The molecule has 2 aliphatic rings. The van der Waals surface area contributed by atoms with Crippen molar-refractivity contribution in [3.8, 4) is 11.1 Å². The molecule has 0 aliphatic carbocycles. The smallest absolute Gasteiger partial charge is 0.274 e. The number of anilines is 4. The highest BCUT2D eigenvalue weighted by Gasteiger charge is 2.26. The topological polar surface area (TPSA) is 91.7 Å². The molecule has 2 aliphatic heterocycles. The summed E-state index contributed by atoms with van der Waals surface area (Å²) in [5.74, 6) is 0.450. The Bertz CT molecular complexity index is 1760. The SMILES string of the molecule is Cc1c(NC(=O)c2ccc(C(C)(C)C)cc2)cccc1-c1cc(Nc2ccc(N3CCC(N4CCOCC4)CC3)cn2)c(=O)n(C)c1. The van der Waals surface area contributed by atoms with Crippen LogP contribution in [0.15, 0.2) is 77.9 Å².